The van der Waals surface area contributed by atoms with Crippen LogP contribution in [0.15, 0.2) is 18.3 Å². The molecule has 0 aliphatic rings. The predicted molar refractivity (Wildman–Crippen MR) is 54.2 cm³/mol. The van der Waals surface area contributed by atoms with Gasteiger partial charge in [0.25, 0.3) is 0 Å². The number of sulfone groups is 1. The topological polar surface area (TPSA) is 56.1 Å². The van der Waals surface area contributed by atoms with E-state index in [1.165, 1.54) is 6.26 Å². The van der Waals surface area contributed by atoms with Crippen LogP contribution in [0.25, 0.3) is 0 Å². The first kappa shape index (κ1) is 11.0. The molecule has 0 radical (unpaired) electrons. The van der Waals surface area contributed by atoms with Gasteiger partial charge in [-0.2, -0.15) is 0 Å². The number of hydrogen-bond acceptors (Lipinski definition) is 3. The van der Waals surface area contributed by atoms with Crippen molar-refractivity contribution in [3.05, 3.63) is 24.0 Å². The third kappa shape index (κ3) is 2.70. The number of carbonyl (C=O) groups is 1. The average Bonchev–Trinajstić information content (AvgIpc) is 2.47. The average molecular weight is 215 g/mol. The van der Waals surface area contributed by atoms with Gasteiger partial charge in [-0.1, -0.05) is 0 Å². The van der Waals surface area contributed by atoms with E-state index in [0.717, 1.165) is 6.29 Å². The number of nitrogens with zero attached hydrogens (tertiary/aromatic N) is 1. The van der Waals surface area contributed by atoms with Crippen LogP contribution in [0.2, 0.25) is 0 Å². The fourth-order valence-electron chi connectivity index (χ4n) is 1.43. The molecule has 0 aliphatic heterocycles. The second-order valence-corrected chi connectivity index (χ2v) is 5.58. The van der Waals surface area contributed by atoms with E-state index >= 15 is 0 Å². The van der Waals surface area contributed by atoms with Gasteiger partial charge < -0.3 is 4.57 Å². The number of aromatic nitrogens is 1. The lowest BCUT2D eigenvalue weighted by Crippen LogP contribution is -2.17. The van der Waals surface area contributed by atoms with Gasteiger partial charge in [-0.25, -0.2) is 8.42 Å². The zero-order chi connectivity index (χ0) is 10.8. The molecule has 4 nitrogen and oxygen atoms in total. The molecule has 0 N–H and O–H groups in total. The van der Waals surface area contributed by atoms with Crippen molar-refractivity contribution < 1.29 is 13.2 Å². The maximum Gasteiger partial charge on any atom is 0.166 e. The van der Waals surface area contributed by atoms with Crippen molar-refractivity contribution in [1.29, 1.82) is 0 Å². The molecule has 0 amide bonds. The molecule has 0 saturated carbocycles. The highest BCUT2D eigenvalue weighted by atomic mass is 32.2. The molecule has 0 fully saturated rings. The quantitative estimate of drug-likeness (QED) is 0.701. The summed E-state index contributed by atoms with van der Waals surface area (Å²) < 4.78 is 23.7. The summed E-state index contributed by atoms with van der Waals surface area (Å²) in [5, 5.41) is 0. The molecule has 0 spiro atoms. The number of rotatable bonds is 4. The second-order valence-electron chi connectivity index (χ2n) is 3.40. The maximum atomic E-state index is 11.0. The first-order valence-corrected chi connectivity index (χ1v) is 6.30. The number of hydrogen-bond donors (Lipinski definition) is 0. The molecule has 5 heteroatoms. The fraction of sp³-hybridized carbons (Fsp3) is 0.444. The Labute approximate surface area is 83.5 Å². The Hall–Kier alpha value is -1.10. The van der Waals surface area contributed by atoms with Gasteiger partial charge in [0.1, 0.15) is 9.84 Å². The lowest BCUT2D eigenvalue weighted by molar-refractivity contribution is 0.111. The molecule has 78 valence electrons. The summed E-state index contributed by atoms with van der Waals surface area (Å²) in [5.41, 5.74) is 0.501. The van der Waals surface area contributed by atoms with Crippen LogP contribution in [-0.2, 0) is 9.84 Å². The Balaban J connectivity index is 2.89. The Kier molecular flexibility index (Phi) is 3.10. The van der Waals surface area contributed by atoms with Crippen LogP contribution in [-0.4, -0.2) is 31.3 Å². The minimum atomic E-state index is -3.01. The van der Waals surface area contributed by atoms with Gasteiger partial charge in [0.05, 0.1) is 11.4 Å². The Morgan fingerprint density at radius 2 is 2.21 bits per heavy atom. The zero-order valence-electron chi connectivity index (χ0n) is 8.17. The van der Waals surface area contributed by atoms with Gasteiger partial charge in [-0.05, 0) is 19.1 Å². The fourth-order valence-corrected chi connectivity index (χ4v) is 2.46. The summed E-state index contributed by atoms with van der Waals surface area (Å²) in [6, 6.07) is 3.18. The highest BCUT2D eigenvalue weighted by Gasteiger charge is 2.13. The van der Waals surface area contributed by atoms with Gasteiger partial charge in [0.15, 0.2) is 6.29 Å². The molecule has 1 aromatic rings. The molecule has 14 heavy (non-hydrogen) atoms. The van der Waals surface area contributed by atoms with E-state index in [1.807, 2.05) is 0 Å². The van der Waals surface area contributed by atoms with Crippen molar-refractivity contribution in [2.75, 3.05) is 12.0 Å². The Bertz CT molecular complexity index is 419. The van der Waals surface area contributed by atoms with Crippen molar-refractivity contribution >= 4 is 16.1 Å². The Morgan fingerprint density at radius 1 is 1.57 bits per heavy atom. The highest BCUT2D eigenvalue weighted by Crippen LogP contribution is 2.11. The van der Waals surface area contributed by atoms with Crippen LogP contribution in [0, 0.1) is 0 Å². The van der Waals surface area contributed by atoms with Crippen molar-refractivity contribution in [3.63, 3.8) is 0 Å². The minimum absolute atomic E-state index is 0.0442. The van der Waals surface area contributed by atoms with Crippen LogP contribution < -0.4 is 0 Å². The smallest absolute Gasteiger partial charge is 0.166 e. The molecule has 1 rings (SSSR count). The summed E-state index contributed by atoms with van der Waals surface area (Å²) in [4.78, 5) is 10.6. The molecular weight excluding hydrogens is 202 g/mol. The molecule has 1 heterocycles. The molecule has 0 aromatic carbocycles. The molecule has 0 saturated heterocycles. The lowest BCUT2D eigenvalue weighted by atomic mass is 10.3. The van der Waals surface area contributed by atoms with Gasteiger partial charge in [0, 0.05) is 18.5 Å². The first-order chi connectivity index (χ1) is 6.44. The van der Waals surface area contributed by atoms with E-state index < -0.39 is 9.84 Å². The van der Waals surface area contributed by atoms with Crippen LogP contribution in [0.3, 0.4) is 0 Å². The number of carbonyl (C=O) groups excluding carboxylic acids is 1. The monoisotopic (exact) mass is 215 g/mol. The summed E-state index contributed by atoms with van der Waals surface area (Å²) in [5.74, 6) is 0.0442. The van der Waals surface area contributed by atoms with E-state index in [9.17, 15) is 13.2 Å². The summed E-state index contributed by atoms with van der Waals surface area (Å²) in [7, 11) is -3.01. The first-order valence-electron chi connectivity index (χ1n) is 4.24. The molecule has 1 atom stereocenters. The second kappa shape index (κ2) is 3.96. The van der Waals surface area contributed by atoms with E-state index in [4.69, 9.17) is 0 Å². The van der Waals surface area contributed by atoms with Crippen LogP contribution in [0.4, 0.5) is 0 Å². The molecular formula is C9H13NO3S. The highest BCUT2D eigenvalue weighted by molar-refractivity contribution is 7.90. The Morgan fingerprint density at radius 3 is 2.71 bits per heavy atom. The molecule has 1 aromatic heterocycles. The van der Waals surface area contributed by atoms with Gasteiger partial charge >= 0.3 is 0 Å². The van der Waals surface area contributed by atoms with Gasteiger partial charge in [-0.15, -0.1) is 0 Å². The van der Waals surface area contributed by atoms with E-state index in [2.05, 4.69) is 0 Å². The van der Waals surface area contributed by atoms with Crippen LogP contribution in [0.5, 0.6) is 0 Å². The van der Waals surface area contributed by atoms with Crippen LogP contribution >= 0.6 is 0 Å². The third-order valence-electron chi connectivity index (χ3n) is 1.95. The predicted octanol–water partition coefficient (Wildman–Crippen LogP) is 0.906. The van der Waals surface area contributed by atoms with E-state index in [1.54, 1.807) is 29.8 Å². The van der Waals surface area contributed by atoms with Crippen molar-refractivity contribution in [2.24, 2.45) is 0 Å². The summed E-state index contributed by atoms with van der Waals surface area (Å²) in [6.45, 7) is 1.77. The van der Waals surface area contributed by atoms with Crippen molar-refractivity contribution in [3.8, 4) is 0 Å². The van der Waals surface area contributed by atoms with Crippen molar-refractivity contribution in [1.82, 2.24) is 4.57 Å². The number of aldehydes is 1. The largest absolute Gasteiger partial charge is 0.342 e. The molecule has 1 unspecified atom stereocenters. The SMILES string of the molecule is CC(CS(C)(=O)=O)n1cccc1C=O. The molecule has 0 aliphatic carbocycles. The normalized spacial score (nSPS) is 13.9. The lowest BCUT2D eigenvalue weighted by Gasteiger charge is -2.13. The van der Waals surface area contributed by atoms with Crippen molar-refractivity contribution in [2.45, 2.75) is 13.0 Å². The standard InChI is InChI=1S/C9H13NO3S/c1-8(7-14(2,12)13)10-5-3-4-9(10)6-11/h3-6,8H,7H2,1-2H3. The molecule has 0 bridgehead atoms. The minimum Gasteiger partial charge on any atom is -0.342 e. The summed E-state index contributed by atoms with van der Waals surface area (Å²) in [6.07, 6.45) is 3.62. The zero-order valence-corrected chi connectivity index (χ0v) is 8.99. The van der Waals surface area contributed by atoms with E-state index in [-0.39, 0.29) is 11.8 Å². The summed E-state index contributed by atoms with van der Waals surface area (Å²) >= 11 is 0. The van der Waals surface area contributed by atoms with E-state index in [0.29, 0.717) is 5.69 Å². The maximum absolute atomic E-state index is 11.0. The van der Waals surface area contributed by atoms with Gasteiger partial charge in [-0.3, -0.25) is 4.79 Å². The van der Waals surface area contributed by atoms with Crippen LogP contribution in [0.1, 0.15) is 23.5 Å². The van der Waals surface area contributed by atoms with Gasteiger partial charge in [0.2, 0.25) is 0 Å². The third-order valence-corrected chi connectivity index (χ3v) is 3.04.